The van der Waals surface area contributed by atoms with Crippen LogP contribution in [0.5, 0.6) is 0 Å². The van der Waals surface area contributed by atoms with Gasteiger partial charge in [-0.2, -0.15) is 0 Å². The fourth-order valence-corrected chi connectivity index (χ4v) is 5.78. The van der Waals surface area contributed by atoms with E-state index in [1.54, 1.807) is 42.5 Å². The molecule has 0 aliphatic carbocycles. The van der Waals surface area contributed by atoms with E-state index in [0.29, 0.717) is 29.0 Å². The number of nitrogens with two attached hydrogens (primary N) is 1. The van der Waals surface area contributed by atoms with Crippen LogP contribution in [0.1, 0.15) is 11.1 Å². The van der Waals surface area contributed by atoms with Gasteiger partial charge < -0.3 is 5.73 Å². The molecule has 0 radical (unpaired) electrons. The van der Waals surface area contributed by atoms with E-state index in [-0.39, 0.29) is 4.90 Å². The molecule has 0 spiro atoms. The maximum absolute atomic E-state index is 13.6. The van der Waals surface area contributed by atoms with Crippen molar-refractivity contribution in [3.63, 3.8) is 0 Å². The van der Waals surface area contributed by atoms with Crippen LogP contribution >= 0.6 is 27.5 Å². The first-order valence-corrected chi connectivity index (χ1v) is 11.4. The summed E-state index contributed by atoms with van der Waals surface area (Å²) in [5.41, 5.74) is 8.92. The highest BCUT2D eigenvalue weighted by Gasteiger charge is 2.25. The fraction of sp³-hybridized carbons (Fsp3) is 0.143. The van der Waals surface area contributed by atoms with Gasteiger partial charge in [0, 0.05) is 20.3 Å². The first-order valence-electron chi connectivity index (χ1n) is 8.77. The van der Waals surface area contributed by atoms with E-state index in [1.165, 1.54) is 3.97 Å². The van der Waals surface area contributed by atoms with Crippen molar-refractivity contribution < 1.29 is 8.42 Å². The number of hydrogen-bond acceptors (Lipinski definition) is 3. The molecule has 1 aromatic heterocycles. The van der Waals surface area contributed by atoms with Crippen LogP contribution in [0.15, 0.2) is 64.0 Å². The maximum atomic E-state index is 13.6. The largest absolute Gasteiger partial charge is 0.330 e. The molecule has 0 saturated carbocycles. The van der Waals surface area contributed by atoms with Crippen LogP contribution < -0.4 is 5.73 Å². The second-order valence-electron chi connectivity index (χ2n) is 6.74. The Kier molecular flexibility index (Phi) is 5.00. The summed E-state index contributed by atoms with van der Waals surface area (Å²) in [6.07, 6.45) is 0.559. The van der Waals surface area contributed by atoms with Crippen LogP contribution in [0, 0.1) is 6.92 Å². The van der Waals surface area contributed by atoms with Gasteiger partial charge in [-0.15, -0.1) is 0 Å². The van der Waals surface area contributed by atoms with Gasteiger partial charge in [-0.25, -0.2) is 12.4 Å². The van der Waals surface area contributed by atoms with Crippen LogP contribution in [0.3, 0.4) is 0 Å². The Morgan fingerprint density at radius 1 is 1.04 bits per heavy atom. The molecular formula is C21H18BrClN2O2S. The summed E-state index contributed by atoms with van der Waals surface area (Å²) >= 11 is 9.76. The maximum Gasteiger partial charge on any atom is 0.268 e. The molecule has 144 valence electrons. The quantitative estimate of drug-likeness (QED) is 0.436. The van der Waals surface area contributed by atoms with Gasteiger partial charge in [-0.3, -0.25) is 0 Å². The average molecular weight is 478 g/mol. The van der Waals surface area contributed by atoms with Crippen molar-refractivity contribution in [1.82, 2.24) is 3.97 Å². The third-order valence-corrected chi connectivity index (χ3v) is 7.22. The third-order valence-electron chi connectivity index (χ3n) is 4.80. The molecule has 0 amide bonds. The van der Waals surface area contributed by atoms with Crippen LogP contribution in [0.2, 0.25) is 5.02 Å². The highest BCUT2D eigenvalue weighted by molar-refractivity contribution is 9.10. The molecule has 0 bridgehead atoms. The summed E-state index contributed by atoms with van der Waals surface area (Å²) in [6, 6.07) is 16.0. The normalized spacial score (nSPS) is 12.1. The Hall–Kier alpha value is -1.86. The molecule has 0 unspecified atom stereocenters. The van der Waals surface area contributed by atoms with Crippen LogP contribution in [-0.4, -0.2) is 18.9 Å². The van der Waals surface area contributed by atoms with Gasteiger partial charge in [-0.05, 0) is 67.9 Å². The van der Waals surface area contributed by atoms with E-state index in [2.05, 4.69) is 15.9 Å². The number of benzene rings is 3. The molecule has 0 atom stereocenters. The standard InChI is InChI=1S/C21H18BrClN2O2S/c1-13-2-5-17(6-3-13)28(26,27)25-20-7-4-16(23)12-18(20)19-11-15(22)10-14(8-9-24)21(19)25/h2-7,10-12H,8-9,24H2,1H3. The molecular weight excluding hydrogens is 460 g/mol. The first-order chi connectivity index (χ1) is 13.3. The van der Waals surface area contributed by atoms with Crippen molar-refractivity contribution in [2.24, 2.45) is 5.73 Å². The number of halogens is 2. The van der Waals surface area contributed by atoms with Crippen molar-refractivity contribution in [2.75, 3.05) is 6.54 Å². The van der Waals surface area contributed by atoms with Crippen molar-refractivity contribution in [2.45, 2.75) is 18.2 Å². The molecule has 0 aliphatic rings. The van der Waals surface area contributed by atoms with Gasteiger partial charge in [0.25, 0.3) is 10.0 Å². The average Bonchev–Trinajstić information content (AvgIpc) is 2.97. The first kappa shape index (κ1) is 19.5. The zero-order valence-corrected chi connectivity index (χ0v) is 18.3. The number of aromatic nitrogens is 1. The van der Waals surface area contributed by atoms with E-state index >= 15 is 0 Å². The summed E-state index contributed by atoms with van der Waals surface area (Å²) in [5.74, 6) is 0. The van der Waals surface area contributed by atoms with Crippen molar-refractivity contribution in [3.8, 4) is 0 Å². The van der Waals surface area contributed by atoms with Gasteiger partial charge in [0.1, 0.15) is 0 Å². The van der Waals surface area contributed by atoms with E-state index in [0.717, 1.165) is 26.4 Å². The Morgan fingerprint density at radius 2 is 1.75 bits per heavy atom. The topological polar surface area (TPSA) is 65.1 Å². The summed E-state index contributed by atoms with van der Waals surface area (Å²) in [4.78, 5) is 0.244. The van der Waals surface area contributed by atoms with E-state index < -0.39 is 10.0 Å². The Bertz CT molecular complexity index is 1310. The van der Waals surface area contributed by atoms with E-state index in [9.17, 15) is 8.42 Å². The predicted molar refractivity (Wildman–Crippen MR) is 119 cm³/mol. The number of rotatable bonds is 4. The molecule has 4 aromatic rings. The van der Waals surface area contributed by atoms with E-state index in [1.807, 2.05) is 19.1 Å². The summed E-state index contributed by atoms with van der Waals surface area (Å²) in [7, 11) is -3.81. The SMILES string of the molecule is Cc1ccc(S(=O)(=O)n2c3ccc(Cl)cc3c3cc(Br)cc(CCN)c32)cc1. The summed E-state index contributed by atoms with van der Waals surface area (Å²) in [5, 5.41) is 2.17. The van der Waals surface area contributed by atoms with Gasteiger partial charge >= 0.3 is 0 Å². The minimum absolute atomic E-state index is 0.244. The lowest BCUT2D eigenvalue weighted by Crippen LogP contribution is -2.14. The zero-order valence-electron chi connectivity index (χ0n) is 15.1. The molecule has 1 heterocycles. The Labute approximate surface area is 177 Å². The number of aryl methyl sites for hydroxylation is 1. The monoisotopic (exact) mass is 476 g/mol. The van der Waals surface area contributed by atoms with Crippen LogP contribution in [0.4, 0.5) is 0 Å². The number of hydrogen-bond donors (Lipinski definition) is 1. The van der Waals surface area contributed by atoms with Gasteiger partial charge in [-0.1, -0.05) is 45.2 Å². The van der Waals surface area contributed by atoms with Crippen molar-refractivity contribution >= 4 is 59.4 Å². The Balaban J connectivity index is 2.18. The lowest BCUT2D eigenvalue weighted by molar-refractivity contribution is 0.590. The fourth-order valence-electron chi connectivity index (χ4n) is 3.53. The van der Waals surface area contributed by atoms with Crippen molar-refractivity contribution in [1.29, 1.82) is 0 Å². The summed E-state index contributed by atoms with van der Waals surface area (Å²) < 4.78 is 29.6. The van der Waals surface area contributed by atoms with Crippen LogP contribution in [-0.2, 0) is 16.4 Å². The lowest BCUT2D eigenvalue weighted by atomic mass is 10.1. The van der Waals surface area contributed by atoms with Crippen molar-refractivity contribution in [3.05, 3.63) is 75.2 Å². The summed E-state index contributed by atoms with van der Waals surface area (Å²) in [6.45, 7) is 2.34. The third kappa shape index (κ3) is 3.14. The molecule has 0 fully saturated rings. The van der Waals surface area contributed by atoms with Gasteiger partial charge in [0.15, 0.2) is 0 Å². The van der Waals surface area contributed by atoms with E-state index in [4.69, 9.17) is 17.3 Å². The lowest BCUT2D eigenvalue weighted by Gasteiger charge is -2.12. The second-order valence-corrected chi connectivity index (χ2v) is 9.88. The van der Waals surface area contributed by atoms with Gasteiger partial charge in [0.05, 0.1) is 15.9 Å². The molecule has 0 aliphatic heterocycles. The molecule has 28 heavy (non-hydrogen) atoms. The smallest absolute Gasteiger partial charge is 0.268 e. The number of fused-ring (bicyclic) bond motifs is 3. The molecule has 7 heteroatoms. The molecule has 0 saturated heterocycles. The minimum atomic E-state index is -3.81. The number of nitrogens with zero attached hydrogens (tertiary/aromatic N) is 1. The molecule has 4 nitrogen and oxygen atoms in total. The Morgan fingerprint density at radius 3 is 2.43 bits per heavy atom. The van der Waals surface area contributed by atoms with Gasteiger partial charge in [0.2, 0.25) is 0 Å². The molecule has 4 rings (SSSR count). The molecule has 2 N–H and O–H groups in total. The minimum Gasteiger partial charge on any atom is -0.330 e. The molecule has 3 aromatic carbocycles. The zero-order chi connectivity index (χ0) is 20.1. The predicted octanol–water partition coefficient (Wildman–Crippen LogP) is 5.26. The second kappa shape index (κ2) is 7.19. The van der Waals surface area contributed by atoms with Crippen LogP contribution in [0.25, 0.3) is 21.8 Å². The highest BCUT2D eigenvalue weighted by atomic mass is 79.9. The highest BCUT2D eigenvalue weighted by Crippen LogP contribution is 2.37.